The number of halogens is 2. The Hall–Kier alpha value is -3.33. The molecule has 1 aromatic carbocycles. The number of hydrogen-bond acceptors (Lipinski definition) is 7. The maximum absolute atomic E-state index is 14.2. The summed E-state index contributed by atoms with van der Waals surface area (Å²) in [5.41, 5.74) is 0.994. The lowest BCUT2D eigenvalue weighted by molar-refractivity contribution is -0.125. The van der Waals surface area contributed by atoms with Crippen molar-refractivity contribution in [3.8, 4) is 6.01 Å². The van der Waals surface area contributed by atoms with Crippen LogP contribution in [0.3, 0.4) is 0 Å². The summed E-state index contributed by atoms with van der Waals surface area (Å²) in [4.78, 5) is 30.2. The van der Waals surface area contributed by atoms with Crippen LogP contribution in [0.2, 0.25) is 5.02 Å². The van der Waals surface area contributed by atoms with Gasteiger partial charge in [0.25, 0.3) is 0 Å². The lowest BCUT2D eigenvalue weighted by atomic mass is 10.3. The Kier molecular flexibility index (Phi) is 5.22. The van der Waals surface area contributed by atoms with Crippen molar-refractivity contribution >= 4 is 40.0 Å². The van der Waals surface area contributed by atoms with Gasteiger partial charge in [0.05, 0.1) is 23.5 Å². The number of aromatic nitrogens is 4. The summed E-state index contributed by atoms with van der Waals surface area (Å²) in [6.45, 7) is 4.49. The first kappa shape index (κ1) is 19.0. The third-order valence-electron chi connectivity index (χ3n) is 4.46. The molecule has 0 bridgehead atoms. The molecule has 0 saturated carbocycles. The monoisotopic (exact) mass is 414 g/mol. The maximum Gasteiger partial charge on any atom is 0.317 e. The average molecular weight is 415 g/mol. The second kappa shape index (κ2) is 7.96. The van der Waals surface area contributed by atoms with Gasteiger partial charge < -0.3 is 15.0 Å². The van der Waals surface area contributed by atoms with Crippen LogP contribution < -0.4 is 10.1 Å². The fourth-order valence-corrected chi connectivity index (χ4v) is 3.19. The summed E-state index contributed by atoms with van der Waals surface area (Å²) in [6, 6.07) is 4.74. The van der Waals surface area contributed by atoms with E-state index >= 15 is 0 Å². The number of hydrogen-bond donors (Lipinski definition) is 1. The van der Waals surface area contributed by atoms with Crippen molar-refractivity contribution < 1.29 is 13.9 Å². The summed E-state index contributed by atoms with van der Waals surface area (Å²) < 4.78 is 20.1. The Labute approximate surface area is 170 Å². The molecule has 1 aliphatic heterocycles. The van der Waals surface area contributed by atoms with Crippen molar-refractivity contribution in [3.63, 3.8) is 0 Å². The zero-order chi connectivity index (χ0) is 20.4. The lowest BCUT2D eigenvalue weighted by Crippen LogP contribution is -2.29. The van der Waals surface area contributed by atoms with E-state index in [1.807, 2.05) is 0 Å². The highest BCUT2D eigenvalue weighted by molar-refractivity contribution is 6.31. The number of carbonyl (C=O) groups is 1. The third-order valence-corrected chi connectivity index (χ3v) is 4.76. The van der Waals surface area contributed by atoms with Gasteiger partial charge in [-0.15, -0.1) is 0 Å². The van der Waals surface area contributed by atoms with Gasteiger partial charge in [-0.2, -0.15) is 4.98 Å². The van der Waals surface area contributed by atoms with Crippen LogP contribution in [0.5, 0.6) is 6.01 Å². The largest absolute Gasteiger partial charge is 0.458 e. The molecule has 1 amide bonds. The van der Waals surface area contributed by atoms with Gasteiger partial charge in [0, 0.05) is 13.0 Å². The van der Waals surface area contributed by atoms with E-state index in [2.05, 4.69) is 31.8 Å². The van der Waals surface area contributed by atoms with Gasteiger partial charge in [-0.1, -0.05) is 24.2 Å². The molecule has 0 aliphatic carbocycles. The zero-order valence-electron chi connectivity index (χ0n) is 15.2. The van der Waals surface area contributed by atoms with Crippen molar-refractivity contribution in [2.75, 3.05) is 18.4 Å². The Morgan fingerprint density at radius 1 is 1.38 bits per heavy atom. The summed E-state index contributed by atoms with van der Waals surface area (Å²) >= 11 is 5.84. The second-order valence-electron chi connectivity index (χ2n) is 6.35. The molecule has 4 rings (SSSR count). The SMILES string of the molecule is C=CC(=O)N1CC[C@H](Oc2ncc3ncnc(Nc4cccc(Cl)c4F)c3n2)C1. The molecule has 8 nitrogen and oxygen atoms in total. The fourth-order valence-electron chi connectivity index (χ4n) is 3.02. The molecule has 3 heterocycles. The van der Waals surface area contributed by atoms with E-state index < -0.39 is 5.82 Å². The molecule has 2 aromatic heterocycles. The number of amides is 1. The Bertz CT molecular complexity index is 1100. The Morgan fingerprint density at radius 2 is 2.24 bits per heavy atom. The second-order valence-corrected chi connectivity index (χ2v) is 6.76. The molecule has 1 saturated heterocycles. The van der Waals surface area contributed by atoms with Crippen LogP contribution in [0.4, 0.5) is 15.9 Å². The number of anilines is 2. The van der Waals surface area contributed by atoms with Gasteiger partial charge in [0.15, 0.2) is 11.6 Å². The minimum Gasteiger partial charge on any atom is -0.458 e. The highest BCUT2D eigenvalue weighted by Gasteiger charge is 2.27. The van der Waals surface area contributed by atoms with Crippen molar-refractivity contribution in [1.82, 2.24) is 24.8 Å². The minimum absolute atomic E-state index is 0.00753. The van der Waals surface area contributed by atoms with Crippen LogP contribution in [0.1, 0.15) is 6.42 Å². The van der Waals surface area contributed by atoms with E-state index in [9.17, 15) is 9.18 Å². The summed E-state index contributed by atoms with van der Waals surface area (Å²) in [6.07, 6.45) is 4.53. The minimum atomic E-state index is -0.593. The number of ether oxygens (including phenoxy) is 1. The number of likely N-dealkylation sites (tertiary alicyclic amines) is 1. The van der Waals surface area contributed by atoms with Gasteiger partial charge in [-0.25, -0.2) is 19.3 Å². The fraction of sp³-hybridized carbons (Fsp3) is 0.211. The molecule has 29 heavy (non-hydrogen) atoms. The summed E-state index contributed by atoms with van der Waals surface area (Å²) in [5, 5.41) is 2.88. The van der Waals surface area contributed by atoms with E-state index in [0.717, 1.165) is 0 Å². The van der Waals surface area contributed by atoms with E-state index in [1.165, 1.54) is 30.7 Å². The predicted octanol–water partition coefficient (Wildman–Crippen LogP) is 3.12. The van der Waals surface area contributed by atoms with Gasteiger partial charge >= 0.3 is 6.01 Å². The molecule has 0 radical (unpaired) electrons. The molecule has 1 N–H and O–H groups in total. The van der Waals surface area contributed by atoms with Crippen LogP contribution in [0, 0.1) is 5.82 Å². The molecule has 3 aromatic rings. The van der Waals surface area contributed by atoms with E-state index in [1.54, 1.807) is 11.0 Å². The van der Waals surface area contributed by atoms with E-state index in [0.29, 0.717) is 36.4 Å². The van der Waals surface area contributed by atoms with Crippen LogP contribution in [0.25, 0.3) is 11.0 Å². The highest BCUT2D eigenvalue weighted by atomic mass is 35.5. The molecule has 0 unspecified atom stereocenters. The summed E-state index contributed by atoms with van der Waals surface area (Å²) in [5.74, 6) is -0.443. The molecule has 10 heteroatoms. The highest BCUT2D eigenvalue weighted by Crippen LogP contribution is 2.27. The van der Waals surface area contributed by atoms with Gasteiger partial charge in [-0.3, -0.25) is 4.79 Å². The number of carbonyl (C=O) groups excluding carboxylic acids is 1. The zero-order valence-corrected chi connectivity index (χ0v) is 15.9. The smallest absolute Gasteiger partial charge is 0.317 e. The normalized spacial score (nSPS) is 16.1. The van der Waals surface area contributed by atoms with Crippen LogP contribution in [-0.4, -0.2) is 49.9 Å². The van der Waals surface area contributed by atoms with Crippen molar-refractivity contribution in [2.45, 2.75) is 12.5 Å². The maximum atomic E-state index is 14.2. The molecule has 1 atom stereocenters. The van der Waals surface area contributed by atoms with Crippen LogP contribution >= 0.6 is 11.6 Å². The van der Waals surface area contributed by atoms with Gasteiger partial charge in [0.2, 0.25) is 5.91 Å². The van der Waals surface area contributed by atoms with Crippen molar-refractivity contribution in [1.29, 1.82) is 0 Å². The number of fused-ring (bicyclic) bond motifs is 1. The Morgan fingerprint density at radius 3 is 3.07 bits per heavy atom. The first-order chi connectivity index (χ1) is 14.0. The molecule has 1 aliphatic rings. The number of nitrogens with zero attached hydrogens (tertiary/aromatic N) is 5. The standard InChI is InChI=1S/C19H16ClFN6O2/c1-2-15(28)27-7-6-11(9-27)29-19-22-8-14-17(26-19)18(24-10-23-14)25-13-5-3-4-12(20)16(13)21/h2-5,8,10-11H,1,6-7,9H2,(H,23,24,25)/t11-/m0/s1. The number of benzene rings is 1. The van der Waals surface area contributed by atoms with E-state index in [4.69, 9.17) is 16.3 Å². The number of nitrogens with one attached hydrogen (secondary N) is 1. The molecule has 0 spiro atoms. The average Bonchev–Trinajstić information content (AvgIpc) is 3.19. The first-order valence-electron chi connectivity index (χ1n) is 8.82. The molecular formula is C19H16ClFN6O2. The summed E-state index contributed by atoms with van der Waals surface area (Å²) in [7, 11) is 0. The molecule has 148 valence electrons. The molecule has 1 fully saturated rings. The third kappa shape index (κ3) is 3.95. The number of rotatable bonds is 5. The topological polar surface area (TPSA) is 93.1 Å². The lowest BCUT2D eigenvalue weighted by Gasteiger charge is -2.15. The first-order valence-corrected chi connectivity index (χ1v) is 9.19. The Balaban J connectivity index is 1.59. The van der Waals surface area contributed by atoms with Crippen molar-refractivity contribution in [3.05, 3.63) is 54.2 Å². The van der Waals surface area contributed by atoms with Gasteiger partial charge in [-0.05, 0) is 18.2 Å². The van der Waals surface area contributed by atoms with Gasteiger partial charge in [0.1, 0.15) is 23.5 Å². The van der Waals surface area contributed by atoms with Crippen LogP contribution in [0.15, 0.2) is 43.4 Å². The van der Waals surface area contributed by atoms with Crippen LogP contribution in [-0.2, 0) is 4.79 Å². The quantitative estimate of drug-likeness (QED) is 0.641. The van der Waals surface area contributed by atoms with E-state index in [-0.39, 0.29) is 28.7 Å². The molecular weight excluding hydrogens is 399 g/mol. The van der Waals surface area contributed by atoms with Crippen molar-refractivity contribution in [2.24, 2.45) is 0 Å². The predicted molar refractivity (Wildman–Crippen MR) is 106 cm³/mol.